The second-order valence-corrected chi connectivity index (χ2v) is 19.8. The van der Waals surface area contributed by atoms with E-state index in [1.807, 2.05) is 6.92 Å². The van der Waals surface area contributed by atoms with Crippen LogP contribution in [0.5, 0.6) is 5.75 Å². The van der Waals surface area contributed by atoms with Gasteiger partial charge in [0.15, 0.2) is 5.96 Å². The van der Waals surface area contributed by atoms with E-state index >= 15 is 0 Å². The highest BCUT2D eigenvalue weighted by Crippen LogP contribution is 2.14. The number of phenols is 1. The number of aliphatic hydroxyl groups excluding tert-OH is 1. The minimum absolute atomic E-state index is 0.0149. The van der Waals surface area contributed by atoms with Crippen LogP contribution in [-0.2, 0) is 68.7 Å². The van der Waals surface area contributed by atoms with E-state index < -0.39 is 176 Å². The van der Waals surface area contributed by atoms with Crippen molar-refractivity contribution < 1.29 is 93.0 Å². The van der Waals surface area contributed by atoms with Crippen LogP contribution in [0.2, 0.25) is 0 Å². The first kappa shape index (κ1) is 71.3. The van der Waals surface area contributed by atoms with Crippen LogP contribution in [0.25, 0.3) is 0 Å². The average molecular weight is 1170 g/mol. The Kier molecular flexibility index (Phi) is 31.2. The maximum atomic E-state index is 13.9. The molecule has 0 aliphatic carbocycles. The van der Waals surface area contributed by atoms with Gasteiger partial charge in [-0.2, -0.15) is 0 Å². The van der Waals surface area contributed by atoms with Crippen molar-refractivity contribution in [2.24, 2.45) is 34.0 Å². The Labute approximate surface area is 471 Å². The summed E-state index contributed by atoms with van der Waals surface area (Å²) in [5.74, 6) is -16.5. The Hall–Kier alpha value is -8.68. The molecule has 0 fully saturated rings. The fraction of sp³-hybridized carbons (Fsp3) is 0.600. The molecular weight excluding hydrogens is 1090 g/mol. The lowest BCUT2D eigenvalue weighted by molar-refractivity contribution is -0.143. The van der Waals surface area contributed by atoms with Gasteiger partial charge in [-0.25, -0.2) is 4.79 Å². The molecule has 0 heterocycles. The first-order valence-electron chi connectivity index (χ1n) is 26.1. The molecule has 0 aliphatic rings. The molecule has 82 heavy (non-hydrogen) atoms. The van der Waals surface area contributed by atoms with E-state index in [4.69, 9.17) is 17.2 Å². The quantitative estimate of drug-likeness (QED) is 0.0168. The lowest BCUT2D eigenvalue weighted by atomic mass is 9.97. The van der Waals surface area contributed by atoms with Crippen molar-refractivity contribution in [3.8, 4) is 5.75 Å². The SMILES string of the molecule is CC[C@H](C)[C@H](N)C(=O)N[C@@H](CC(C)C)C(=O)N[C@@H](CC(=O)O)C(=O)N[C@H](C(=O)N[C@@H](C)C(=O)NCC(=O)N[C@@H](CCCN=C(N)N)C(=O)N[C@@H](CCC(=O)O)C(=O)N[C@@H](CCC(=O)O)C(=O)N[C@@H](Cc1ccc(O)cc1)C(=O)O)[C@@H](C)O. The van der Waals surface area contributed by atoms with Crippen LogP contribution >= 0.6 is 0 Å². The summed E-state index contributed by atoms with van der Waals surface area (Å²) in [6.45, 7) is 8.24. The molecule has 11 atom stereocenters. The van der Waals surface area contributed by atoms with Gasteiger partial charge in [0.2, 0.25) is 53.2 Å². The molecule has 0 radical (unpaired) electrons. The summed E-state index contributed by atoms with van der Waals surface area (Å²) < 4.78 is 0. The minimum atomic E-state index is -1.88. The number of carboxylic acid groups (broad SMARTS) is 4. The summed E-state index contributed by atoms with van der Waals surface area (Å²) in [7, 11) is 0. The number of carboxylic acids is 4. The number of aromatic hydroxyl groups is 1. The number of phenolic OH excluding ortho intramolecular Hbond substituents is 1. The molecule has 21 N–H and O–H groups in total. The zero-order chi connectivity index (χ0) is 62.6. The standard InChI is InChI=1S/C50H79N13O19/c1-7-24(4)39(51)47(79)61-32(19-23(2)3)45(77)60-33(21-38(71)72)46(78)63-40(26(6)64)48(80)56-25(5)41(73)55-22-35(66)57-29(9-8-18-54-50(52)53)42(74)58-30(14-16-36(67)68)43(75)59-31(15-17-37(69)70)44(76)62-34(49(81)82)20-27-10-12-28(65)13-11-27/h10-13,23-26,29-34,39-40,64-65H,7-9,14-22,51H2,1-6H3,(H,55,73)(H,56,80)(H,57,66)(H,58,74)(H,59,75)(H,60,77)(H,61,79)(H,62,76)(H,63,78)(H,67,68)(H,69,70)(H,71,72)(H,81,82)(H4,52,53,54)/t24-,25-,26+,29-,30-,31-,32-,33-,34-,39-,40-/m0/s1. The summed E-state index contributed by atoms with van der Waals surface area (Å²) in [6.07, 6.45) is -5.46. The van der Waals surface area contributed by atoms with E-state index in [0.29, 0.717) is 12.0 Å². The monoisotopic (exact) mass is 1170 g/mol. The third-order valence-corrected chi connectivity index (χ3v) is 12.3. The number of hydrogen-bond donors (Lipinski definition) is 18. The maximum Gasteiger partial charge on any atom is 0.326 e. The molecule has 458 valence electrons. The first-order valence-corrected chi connectivity index (χ1v) is 26.1. The predicted molar refractivity (Wildman–Crippen MR) is 288 cm³/mol. The van der Waals surface area contributed by atoms with Crippen LogP contribution in [0.3, 0.4) is 0 Å². The molecule has 0 unspecified atom stereocenters. The van der Waals surface area contributed by atoms with Gasteiger partial charge in [-0.1, -0.05) is 46.2 Å². The van der Waals surface area contributed by atoms with E-state index in [1.165, 1.54) is 24.3 Å². The number of benzene rings is 1. The van der Waals surface area contributed by atoms with Crippen molar-refractivity contribution >= 4 is 83.0 Å². The molecule has 0 saturated heterocycles. The fourth-order valence-corrected chi connectivity index (χ4v) is 7.46. The highest BCUT2D eigenvalue weighted by Gasteiger charge is 2.36. The van der Waals surface area contributed by atoms with Gasteiger partial charge in [0.25, 0.3) is 0 Å². The molecule has 0 aliphatic heterocycles. The number of nitrogens with zero attached hydrogens (tertiary/aromatic N) is 1. The number of hydrogen-bond acceptors (Lipinski definition) is 17. The lowest BCUT2D eigenvalue weighted by Crippen LogP contribution is -2.61. The molecule has 32 nitrogen and oxygen atoms in total. The normalized spacial score (nSPS) is 15.0. The largest absolute Gasteiger partial charge is 0.508 e. The molecule has 1 rings (SSSR count). The van der Waals surface area contributed by atoms with Crippen LogP contribution < -0.4 is 65.1 Å². The smallest absolute Gasteiger partial charge is 0.326 e. The summed E-state index contributed by atoms with van der Waals surface area (Å²) in [5.41, 5.74) is 17.2. The van der Waals surface area contributed by atoms with Gasteiger partial charge in [0.1, 0.15) is 54.1 Å². The number of carbonyl (C=O) groups is 13. The number of aliphatic hydroxyl groups is 1. The predicted octanol–water partition coefficient (Wildman–Crippen LogP) is -4.91. The second-order valence-electron chi connectivity index (χ2n) is 19.8. The molecule has 0 spiro atoms. The zero-order valence-corrected chi connectivity index (χ0v) is 46.4. The number of nitrogens with two attached hydrogens (primary N) is 3. The van der Waals surface area contributed by atoms with Gasteiger partial charge in [0.05, 0.1) is 25.1 Å². The van der Waals surface area contributed by atoms with Crippen LogP contribution in [0.15, 0.2) is 29.3 Å². The van der Waals surface area contributed by atoms with Gasteiger partial charge in [-0.3, -0.25) is 62.5 Å². The number of aliphatic carboxylic acids is 4. The molecule has 1 aromatic carbocycles. The maximum absolute atomic E-state index is 13.9. The Bertz CT molecular complexity index is 2440. The summed E-state index contributed by atoms with van der Waals surface area (Å²) >= 11 is 0. The van der Waals surface area contributed by atoms with Crippen LogP contribution in [-0.4, -0.2) is 187 Å². The molecule has 0 saturated carbocycles. The second kappa shape index (κ2) is 35.8. The highest BCUT2D eigenvalue weighted by molar-refractivity contribution is 5.99. The highest BCUT2D eigenvalue weighted by atomic mass is 16.4. The zero-order valence-electron chi connectivity index (χ0n) is 46.4. The van der Waals surface area contributed by atoms with Gasteiger partial charge >= 0.3 is 23.9 Å². The number of guanidine groups is 1. The van der Waals surface area contributed by atoms with Gasteiger partial charge < -0.3 is 95.7 Å². The first-order chi connectivity index (χ1) is 38.3. The van der Waals surface area contributed by atoms with E-state index in [9.17, 15) is 93.0 Å². The Morgan fingerprint density at radius 1 is 0.561 bits per heavy atom. The fourth-order valence-electron chi connectivity index (χ4n) is 7.46. The van der Waals surface area contributed by atoms with Crippen molar-refractivity contribution in [1.82, 2.24) is 47.9 Å². The molecule has 1 aromatic rings. The molecular formula is C50H79N13O19. The van der Waals surface area contributed by atoms with Crippen LogP contribution in [0, 0.1) is 11.8 Å². The van der Waals surface area contributed by atoms with Gasteiger partial charge in [-0.05, 0) is 75.5 Å². The molecule has 9 amide bonds. The molecule has 0 aromatic heterocycles. The Balaban J connectivity index is 3.28. The Morgan fingerprint density at radius 2 is 1.04 bits per heavy atom. The average Bonchev–Trinajstić information content (AvgIpc) is 3.39. The van der Waals surface area contributed by atoms with Crippen molar-refractivity contribution in [2.45, 2.75) is 166 Å². The molecule has 0 bridgehead atoms. The summed E-state index contributed by atoms with van der Waals surface area (Å²) in [5, 5.41) is 78.9. The van der Waals surface area contributed by atoms with Crippen LogP contribution in [0.4, 0.5) is 0 Å². The number of carbonyl (C=O) groups excluding carboxylic acids is 9. The van der Waals surface area contributed by atoms with E-state index in [1.54, 1.807) is 20.8 Å². The van der Waals surface area contributed by atoms with Crippen molar-refractivity contribution in [3.63, 3.8) is 0 Å². The van der Waals surface area contributed by atoms with Crippen LogP contribution in [0.1, 0.15) is 105 Å². The third-order valence-electron chi connectivity index (χ3n) is 12.3. The molecule has 32 heteroatoms. The summed E-state index contributed by atoms with van der Waals surface area (Å²) in [6, 6.07) is -9.00. The lowest BCUT2D eigenvalue weighted by Gasteiger charge is -2.27. The topological polar surface area (TPSA) is 542 Å². The van der Waals surface area contributed by atoms with E-state index in [-0.39, 0.29) is 55.8 Å². The number of aliphatic imine (C=N–C) groups is 1. The number of amides is 9. The van der Waals surface area contributed by atoms with Crippen molar-refractivity contribution in [1.29, 1.82) is 0 Å². The van der Waals surface area contributed by atoms with E-state index in [2.05, 4.69) is 52.8 Å². The minimum Gasteiger partial charge on any atom is -0.508 e. The summed E-state index contributed by atoms with van der Waals surface area (Å²) in [4.78, 5) is 172. The van der Waals surface area contributed by atoms with Crippen molar-refractivity contribution in [2.75, 3.05) is 13.1 Å². The van der Waals surface area contributed by atoms with Gasteiger partial charge in [0, 0.05) is 25.8 Å². The van der Waals surface area contributed by atoms with Gasteiger partial charge in [-0.15, -0.1) is 0 Å². The number of rotatable bonds is 38. The number of nitrogens with one attached hydrogen (secondary N) is 9. The van der Waals surface area contributed by atoms with E-state index in [0.717, 1.165) is 13.8 Å². The Morgan fingerprint density at radius 3 is 1.50 bits per heavy atom. The third kappa shape index (κ3) is 27.5. The van der Waals surface area contributed by atoms with Crippen molar-refractivity contribution in [3.05, 3.63) is 29.8 Å².